The summed E-state index contributed by atoms with van der Waals surface area (Å²) < 4.78 is 7.43. The third kappa shape index (κ3) is 1.55. The van der Waals surface area contributed by atoms with Crippen molar-refractivity contribution in [3.63, 3.8) is 0 Å². The summed E-state index contributed by atoms with van der Waals surface area (Å²) in [5, 5.41) is 7.23. The fourth-order valence-electron chi connectivity index (χ4n) is 1.48. The summed E-state index contributed by atoms with van der Waals surface area (Å²) in [5.74, 6) is -0.248. The molecule has 6 heteroatoms. The number of hydrogen-bond donors (Lipinski definition) is 1. The summed E-state index contributed by atoms with van der Waals surface area (Å²) in [6, 6.07) is -0.292. The van der Waals surface area contributed by atoms with Crippen LogP contribution in [-0.2, 0) is 22.6 Å². The molecule has 0 fully saturated rings. The molecule has 2 heterocycles. The predicted molar refractivity (Wildman–Crippen MR) is 52.6 cm³/mol. The number of carbonyl (C=O) groups excluding carboxylic acids is 1. The molecule has 1 aromatic rings. The van der Waals surface area contributed by atoms with Gasteiger partial charge in [-0.25, -0.2) is 0 Å². The Bertz CT molecular complexity index is 363. The van der Waals surface area contributed by atoms with Crippen LogP contribution in [0.3, 0.4) is 0 Å². The van der Waals surface area contributed by atoms with Crippen LogP contribution in [0, 0.1) is 0 Å². The van der Waals surface area contributed by atoms with E-state index in [2.05, 4.69) is 31.1 Å². The number of hydrogen-bond acceptors (Lipinski definition) is 4. The van der Waals surface area contributed by atoms with Crippen LogP contribution in [-0.4, -0.2) is 28.9 Å². The standard InChI is InChI=1S/C8H10BrN3O2/c1-14-8(13)6-4-12-7(3-10-6)5(9)2-11-12/h2,6,10H,3-4H2,1H3. The van der Waals surface area contributed by atoms with Gasteiger partial charge in [0.25, 0.3) is 0 Å². The molecule has 0 spiro atoms. The Morgan fingerprint density at radius 3 is 3.36 bits per heavy atom. The number of carbonyl (C=O) groups is 1. The minimum absolute atomic E-state index is 0.248. The van der Waals surface area contributed by atoms with Gasteiger partial charge in [-0.2, -0.15) is 5.10 Å². The molecule has 0 aromatic carbocycles. The molecule has 0 amide bonds. The van der Waals surface area contributed by atoms with E-state index in [1.165, 1.54) is 7.11 Å². The minimum atomic E-state index is -0.292. The maximum absolute atomic E-state index is 11.2. The number of ether oxygens (including phenoxy) is 1. The summed E-state index contributed by atoms with van der Waals surface area (Å²) in [7, 11) is 1.39. The first kappa shape index (κ1) is 9.67. The normalized spacial score (nSPS) is 20.3. The van der Waals surface area contributed by atoms with E-state index in [4.69, 9.17) is 0 Å². The second kappa shape index (κ2) is 3.70. The van der Waals surface area contributed by atoms with Crippen molar-refractivity contribution < 1.29 is 9.53 Å². The molecule has 1 aliphatic rings. The van der Waals surface area contributed by atoms with E-state index in [0.29, 0.717) is 13.1 Å². The maximum Gasteiger partial charge on any atom is 0.324 e. The van der Waals surface area contributed by atoms with Crippen LogP contribution in [0.5, 0.6) is 0 Å². The highest BCUT2D eigenvalue weighted by atomic mass is 79.9. The summed E-state index contributed by atoms with van der Waals surface area (Å²) >= 11 is 3.39. The van der Waals surface area contributed by atoms with Gasteiger partial charge in [0.05, 0.1) is 30.0 Å². The molecule has 0 aliphatic carbocycles. The zero-order chi connectivity index (χ0) is 10.1. The maximum atomic E-state index is 11.2. The highest BCUT2D eigenvalue weighted by molar-refractivity contribution is 9.10. The molecule has 0 bridgehead atoms. The van der Waals surface area contributed by atoms with Crippen molar-refractivity contribution in [2.45, 2.75) is 19.1 Å². The van der Waals surface area contributed by atoms with Gasteiger partial charge in [-0.3, -0.25) is 14.8 Å². The lowest BCUT2D eigenvalue weighted by atomic mass is 10.2. The van der Waals surface area contributed by atoms with Crippen molar-refractivity contribution >= 4 is 21.9 Å². The fraction of sp³-hybridized carbons (Fsp3) is 0.500. The molecule has 1 N–H and O–H groups in total. The molecule has 14 heavy (non-hydrogen) atoms. The molecule has 2 rings (SSSR count). The molecular formula is C8H10BrN3O2. The average Bonchev–Trinajstić information content (AvgIpc) is 2.59. The molecular weight excluding hydrogens is 250 g/mol. The van der Waals surface area contributed by atoms with Crippen LogP contribution in [0.4, 0.5) is 0 Å². The topological polar surface area (TPSA) is 56.2 Å². The third-order valence-electron chi connectivity index (χ3n) is 2.25. The van der Waals surface area contributed by atoms with Crippen molar-refractivity contribution in [2.24, 2.45) is 0 Å². The number of aromatic nitrogens is 2. The smallest absolute Gasteiger partial charge is 0.324 e. The van der Waals surface area contributed by atoms with Crippen LogP contribution >= 0.6 is 15.9 Å². The second-order valence-corrected chi connectivity index (χ2v) is 3.93. The predicted octanol–water partition coefficient (Wildman–Crippen LogP) is 0.290. The lowest BCUT2D eigenvalue weighted by Crippen LogP contribution is -2.45. The lowest BCUT2D eigenvalue weighted by Gasteiger charge is -2.23. The van der Waals surface area contributed by atoms with E-state index >= 15 is 0 Å². The van der Waals surface area contributed by atoms with Crippen LogP contribution in [0.15, 0.2) is 10.7 Å². The minimum Gasteiger partial charge on any atom is -0.468 e. The molecule has 76 valence electrons. The van der Waals surface area contributed by atoms with E-state index in [0.717, 1.165) is 10.2 Å². The van der Waals surface area contributed by atoms with Gasteiger partial charge in [-0.1, -0.05) is 0 Å². The number of halogens is 1. The SMILES string of the molecule is COC(=O)C1Cn2ncc(Br)c2CN1. The van der Waals surface area contributed by atoms with Crippen LogP contribution < -0.4 is 5.32 Å². The molecule has 0 radical (unpaired) electrons. The van der Waals surface area contributed by atoms with E-state index < -0.39 is 0 Å². The Labute approximate surface area is 89.5 Å². The Morgan fingerprint density at radius 1 is 1.86 bits per heavy atom. The second-order valence-electron chi connectivity index (χ2n) is 3.08. The van der Waals surface area contributed by atoms with Crippen LogP contribution in [0.25, 0.3) is 0 Å². The Morgan fingerprint density at radius 2 is 2.64 bits per heavy atom. The number of nitrogens with one attached hydrogen (secondary N) is 1. The highest BCUT2D eigenvalue weighted by Crippen LogP contribution is 2.19. The fourth-order valence-corrected chi connectivity index (χ4v) is 1.91. The summed E-state index contributed by atoms with van der Waals surface area (Å²) in [5.41, 5.74) is 1.06. The Hall–Kier alpha value is -0.880. The van der Waals surface area contributed by atoms with E-state index in [9.17, 15) is 4.79 Å². The number of nitrogens with zero attached hydrogens (tertiary/aromatic N) is 2. The van der Waals surface area contributed by atoms with Crippen LogP contribution in [0.1, 0.15) is 5.69 Å². The van der Waals surface area contributed by atoms with E-state index in [-0.39, 0.29) is 12.0 Å². The number of methoxy groups -OCH3 is 1. The van der Waals surface area contributed by atoms with Gasteiger partial charge in [-0.15, -0.1) is 0 Å². The van der Waals surface area contributed by atoms with Crippen molar-refractivity contribution in [3.8, 4) is 0 Å². The quantitative estimate of drug-likeness (QED) is 0.737. The Kier molecular flexibility index (Phi) is 2.56. The average molecular weight is 260 g/mol. The molecule has 1 unspecified atom stereocenters. The van der Waals surface area contributed by atoms with Crippen molar-refractivity contribution in [1.29, 1.82) is 0 Å². The van der Waals surface area contributed by atoms with Crippen molar-refractivity contribution in [3.05, 3.63) is 16.4 Å². The van der Waals surface area contributed by atoms with Gasteiger partial charge in [0.15, 0.2) is 0 Å². The molecule has 0 saturated carbocycles. The van der Waals surface area contributed by atoms with Gasteiger partial charge < -0.3 is 4.74 Å². The van der Waals surface area contributed by atoms with E-state index in [1.54, 1.807) is 6.20 Å². The highest BCUT2D eigenvalue weighted by Gasteiger charge is 2.26. The Balaban J connectivity index is 2.18. The zero-order valence-electron chi connectivity index (χ0n) is 7.66. The first-order valence-electron chi connectivity index (χ1n) is 4.23. The number of esters is 1. The number of fused-ring (bicyclic) bond motifs is 1. The van der Waals surface area contributed by atoms with Crippen molar-refractivity contribution in [1.82, 2.24) is 15.1 Å². The lowest BCUT2D eigenvalue weighted by molar-refractivity contribution is -0.143. The summed E-state index contributed by atoms with van der Waals surface area (Å²) in [6.45, 7) is 1.15. The van der Waals surface area contributed by atoms with Gasteiger partial charge in [0.2, 0.25) is 0 Å². The van der Waals surface area contributed by atoms with Gasteiger partial charge in [0, 0.05) is 6.54 Å². The monoisotopic (exact) mass is 259 g/mol. The number of rotatable bonds is 1. The van der Waals surface area contributed by atoms with Gasteiger partial charge in [0.1, 0.15) is 6.04 Å². The van der Waals surface area contributed by atoms with Crippen LogP contribution in [0.2, 0.25) is 0 Å². The van der Waals surface area contributed by atoms with Gasteiger partial charge >= 0.3 is 5.97 Å². The molecule has 1 atom stereocenters. The molecule has 5 nitrogen and oxygen atoms in total. The first-order chi connectivity index (χ1) is 6.72. The third-order valence-corrected chi connectivity index (χ3v) is 2.92. The largest absolute Gasteiger partial charge is 0.468 e. The summed E-state index contributed by atoms with van der Waals surface area (Å²) in [6.07, 6.45) is 1.73. The summed E-state index contributed by atoms with van der Waals surface area (Å²) in [4.78, 5) is 11.2. The molecule has 0 saturated heterocycles. The molecule has 1 aromatic heterocycles. The zero-order valence-corrected chi connectivity index (χ0v) is 9.24. The first-order valence-corrected chi connectivity index (χ1v) is 5.03. The van der Waals surface area contributed by atoms with Crippen molar-refractivity contribution in [2.75, 3.05) is 7.11 Å². The van der Waals surface area contributed by atoms with E-state index in [1.807, 2.05) is 4.68 Å². The van der Waals surface area contributed by atoms with Gasteiger partial charge in [-0.05, 0) is 15.9 Å². The molecule has 1 aliphatic heterocycles.